The number of hydrogen-bond acceptors (Lipinski definition) is 4. The molecule has 5 heteroatoms. The van der Waals surface area contributed by atoms with E-state index in [1.54, 1.807) is 6.07 Å². The number of nitriles is 1. The lowest BCUT2D eigenvalue weighted by Crippen LogP contribution is -2.39. The van der Waals surface area contributed by atoms with Crippen molar-refractivity contribution in [1.82, 2.24) is 9.88 Å². The normalized spacial score (nSPS) is 14.1. The van der Waals surface area contributed by atoms with Crippen LogP contribution in [-0.2, 0) is 6.67 Å². The molecule has 0 atom stereocenters. The zero-order chi connectivity index (χ0) is 9.26. The van der Waals surface area contributed by atoms with Gasteiger partial charge in [-0.1, -0.05) is 0 Å². The second-order valence-corrected chi connectivity index (χ2v) is 2.74. The molecule has 13 heavy (non-hydrogen) atoms. The zero-order valence-corrected chi connectivity index (χ0v) is 6.87. The van der Waals surface area contributed by atoms with E-state index >= 15 is 0 Å². The van der Waals surface area contributed by atoms with Gasteiger partial charge >= 0.3 is 0 Å². The fraction of sp³-hybridized carbons (Fsp3) is 0.250. The first-order valence-electron chi connectivity index (χ1n) is 3.91. The fourth-order valence-corrected chi connectivity index (χ4v) is 1.30. The molecule has 0 saturated heterocycles. The lowest BCUT2D eigenvalue weighted by Gasteiger charge is -2.20. The molecule has 1 aromatic heterocycles. The molecule has 0 aliphatic carbocycles. The van der Waals surface area contributed by atoms with E-state index in [9.17, 15) is 4.79 Å². The number of rotatable bonds is 0. The Hall–Kier alpha value is -1.80. The maximum atomic E-state index is 11.5. The fourth-order valence-electron chi connectivity index (χ4n) is 1.30. The Balaban J connectivity index is 2.64. The van der Waals surface area contributed by atoms with Gasteiger partial charge in [0.05, 0.1) is 13.3 Å². The summed E-state index contributed by atoms with van der Waals surface area (Å²) in [5, 5.41) is 14.6. The van der Waals surface area contributed by atoms with Gasteiger partial charge in [0, 0.05) is 0 Å². The highest BCUT2D eigenvalue weighted by Crippen LogP contribution is 2.06. The van der Waals surface area contributed by atoms with Crippen LogP contribution in [0.4, 0.5) is 5.82 Å². The monoisotopic (exact) mass is 176 g/mol. The number of nitrogens with zero attached hydrogens (tertiary/aromatic N) is 2. The maximum Gasteiger partial charge on any atom is 0.271 e. The van der Waals surface area contributed by atoms with Crippen LogP contribution in [0.2, 0.25) is 0 Å². The van der Waals surface area contributed by atoms with Crippen LogP contribution in [0.5, 0.6) is 0 Å². The van der Waals surface area contributed by atoms with E-state index in [4.69, 9.17) is 5.26 Å². The highest BCUT2D eigenvalue weighted by molar-refractivity contribution is 5.41. The standard InChI is InChI=1S/C8H8N4O/c9-3-6-1-2-7-11-4-10-5-12(7)8(6)13/h1-2,10-11H,4-5H2. The van der Waals surface area contributed by atoms with Gasteiger partial charge in [-0.2, -0.15) is 5.26 Å². The van der Waals surface area contributed by atoms with Crippen LogP contribution in [0.25, 0.3) is 0 Å². The molecule has 0 aromatic carbocycles. The minimum Gasteiger partial charge on any atom is -0.359 e. The average molecular weight is 176 g/mol. The number of anilines is 1. The summed E-state index contributed by atoms with van der Waals surface area (Å²) in [5.41, 5.74) is -0.0750. The van der Waals surface area contributed by atoms with Gasteiger partial charge in [0.25, 0.3) is 5.56 Å². The van der Waals surface area contributed by atoms with Crippen LogP contribution in [0.3, 0.4) is 0 Å². The molecule has 0 bridgehead atoms. The zero-order valence-electron chi connectivity index (χ0n) is 6.87. The van der Waals surface area contributed by atoms with Crippen LogP contribution < -0.4 is 16.2 Å². The first-order valence-corrected chi connectivity index (χ1v) is 3.91. The van der Waals surface area contributed by atoms with Crippen LogP contribution in [0, 0.1) is 11.3 Å². The molecule has 1 aliphatic heterocycles. The summed E-state index contributed by atoms with van der Waals surface area (Å²) >= 11 is 0. The van der Waals surface area contributed by atoms with Crippen molar-refractivity contribution < 1.29 is 0 Å². The van der Waals surface area contributed by atoms with E-state index < -0.39 is 0 Å². The maximum absolute atomic E-state index is 11.5. The van der Waals surface area contributed by atoms with Crippen LogP contribution in [0.15, 0.2) is 16.9 Å². The predicted molar refractivity (Wildman–Crippen MR) is 47.0 cm³/mol. The predicted octanol–water partition coefficient (Wildman–Crippen LogP) is -0.350. The Morgan fingerprint density at radius 2 is 2.38 bits per heavy atom. The Kier molecular flexibility index (Phi) is 1.76. The third kappa shape index (κ3) is 1.17. The van der Waals surface area contributed by atoms with Gasteiger partial charge < -0.3 is 5.32 Å². The van der Waals surface area contributed by atoms with E-state index in [1.165, 1.54) is 10.6 Å². The van der Waals surface area contributed by atoms with Crippen LogP contribution in [0.1, 0.15) is 5.56 Å². The van der Waals surface area contributed by atoms with Gasteiger partial charge in [-0.3, -0.25) is 14.7 Å². The molecule has 2 rings (SSSR count). The van der Waals surface area contributed by atoms with Gasteiger partial charge in [-0.25, -0.2) is 0 Å². The third-order valence-corrected chi connectivity index (χ3v) is 1.96. The van der Waals surface area contributed by atoms with Crippen molar-refractivity contribution in [3.63, 3.8) is 0 Å². The molecule has 2 N–H and O–H groups in total. The third-order valence-electron chi connectivity index (χ3n) is 1.96. The van der Waals surface area contributed by atoms with Crippen molar-refractivity contribution in [2.75, 3.05) is 12.0 Å². The molecule has 1 aliphatic rings. The van der Waals surface area contributed by atoms with E-state index in [1.807, 2.05) is 6.07 Å². The first-order chi connectivity index (χ1) is 6.33. The quantitative estimate of drug-likeness (QED) is 0.567. The molecule has 1 aromatic rings. The van der Waals surface area contributed by atoms with Crippen molar-refractivity contribution in [2.45, 2.75) is 6.67 Å². The Labute approximate surface area is 74.6 Å². The molecule has 0 unspecified atom stereocenters. The smallest absolute Gasteiger partial charge is 0.271 e. The molecule has 2 heterocycles. The van der Waals surface area contributed by atoms with E-state index in [0.29, 0.717) is 13.3 Å². The van der Waals surface area contributed by atoms with Crippen molar-refractivity contribution >= 4 is 5.82 Å². The van der Waals surface area contributed by atoms with E-state index in [-0.39, 0.29) is 11.1 Å². The summed E-state index contributed by atoms with van der Waals surface area (Å²) in [5.74, 6) is 0.753. The average Bonchev–Trinajstić information content (AvgIpc) is 2.19. The van der Waals surface area contributed by atoms with E-state index in [2.05, 4.69) is 10.6 Å². The van der Waals surface area contributed by atoms with Gasteiger partial charge in [-0.15, -0.1) is 0 Å². The number of pyridine rings is 1. The molecular formula is C8H8N4O. The molecule has 0 fully saturated rings. The lowest BCUT2D eigenvalue weighted by molar-refractivity contribution is 0.534. The van der Waals surface area contributed by atoms with Gasteiger partial charge in [-0.05, 0) is 12.1 Å². The summed E-state index contributed by atoms with van der Waals surface area (Å²) in [4.78, 5) is 11.5. The van der Waals surface area contributed by atoms with Gasteiger partial charge in [0.15, 0.2) is 0 Å². The van der Waals surface area contributed by atoms with Crippen molar-refractivity contribution in [2.24, 2.45) is 0 Å². The van der Waals surface area contributed by atoms with Crippen LogP contribution >= 0.6 is 0 Å². The summed E-state index contributed by atoms with van der Waals surface area (Å²) in [6.07, 6.45) is 0. The molecule has 0 amide bonds. The minimum absolute atomic E-state index is 0.175. The van der Waals surface area contributed by atoms with Crippen molar-refractivity contribution in [3.8, 4) is 6.07 Å². The summed E-state index contributed by atoms with van der Waals surface area (Å²) in [6.45, 7) is 1.10. The summed E-state index contributed by atoms with van der Waals surface area (Å²) in [6, 6.07) is 5.13. The first kappa shape index (κ1) is 7.83. The Bertz CT molecular complexity index is 429. The number of aromatic nitrogens is 1. The highest BCUT2D eigenvalue weighted by atomic mass is 16.1. The topological polar surface area (TPSA) is 69.8 Å². The second-order valence-electron chi connectivity index (χ2n) is 2.74. The van der Waals surface area contributed by atoms with E-state index in [0.717, 1.165) is 5.82 Å². The van der Waals surface area contributed by atoms with Crippen molar-refractivity contribution in [3.05, 3.63) is 28.0 Å². The largest absolute Gasteiger partial charge is 0.359 e. The molecule has 0 spiro atoms. The summed E-state index contributed by atoms with van der Waals surface area (Å²) in [7, 11) is 0. The Morgan fingerprint density at radius 1 is 1.54 bits per heavy atom. The molecule has 66 valence electrons. The molecule has 0 radical (unpaired) electrons. The minimum atomic E-state index is -0.250. The van der Waals surface area contributed by atoms with Gasteiger partial charge in [0.2, 0.25) is 0 Å². The molecule has 5 nitrogen and oxygen atoms in total. The summed E-state index contributed by atoms with van der Waals surface area (Å²) < 4.78 is 1.50. The second kappa shape index (κ2) is 2.92. The molecule has 0 saturated carbocycles. The number of hydrogen-bond donors (Lipinski definition) is 2. The highest BCUT2D eigenvalue weighted by Gasteiger charge is 2.10. The number of nitrogens with one attached hydrogen (secondary N) is 2. The SMILES string of the molecule is N#Cc1ccc2n(c1=O)CNCN2. The van der Waals surface area contributed by atoms with Crippen molar-refractivity contribution in [1.29, 1.82) is 5.26 Å². The number of fused-ring (bicyclic) bond motifs is 1. The lowest BCUT2D eigenvalue weighted by atomic mass is 10.3. The molecular weight excluding hydrogens is 168 g/mol. The Morgan fingerprint density at radius 3 is 3.15 bits per heavy atom. The van der Waals surface area contributed by atoms with Crippen LogP contribution in [-0.4, -0.2) is 11.2 Å². The van der Waals surface area contributed by atoms with Gasteiger partial charge in [0.1, 0.15) is 17.5 Å².